The van der Waals surface area contributed by atoms with Crippen molar-refractivity contribution in [2.24, 2.45) is 0 Å². The van der Waals surface area contributed by atoms with Crippen LogP contribution in [0.5, 0.6) is 0 Å². The van der Waals surface area contributed by atoms with E-state index in [1.165, 1.54) is 0 Å². The lowest BCUT2D eigenvalue weighted by atomic mass is 10.0. The molecule has 1 saturated carbocycles. The molecule has 15 heavy (non-hydrogen) atoms. The monoisotopic (exact) mass is 269 g/mol. The predicted molar refractivity (Wildman–Crippen MR) is 59.0 cm³/mol. The fourth-order valence-electron chi connectivity index (χ4n) is 1.51. The number of alkyl halides is 2. The van der Waals surface area contributed by atoms with E-state index in [2.05, 4.69) is 15.5 Å². The van der Waals surface area contributed by atoms with Crippen molar-refractivity contribution in [1.82, 2.24) is 15.5 Å². The third kappa shape index (κ3) is 1.96. The molecule has 1 aromatic heterocycles. The Balaban J connectivity index is 0.000000853. The summed E-state index contributed by atoms with van der Waals surface area (Å²) in [6, 6.07) is 0. The Labute approximate surface area is 103 Å². The third-order valence-corrected chi connectivity index (χ3v) is 3.56. The van der Waals surface area contributed by atoms with Crippen LogP contribution in [-0.2, 0) is 0 Å². The van der Waals surface area contributed by atoms with E-state index >= 15 is 0 Å². The SMILES string of the molecule is Cl.ClC1(Cl)CC1c1nc(C2CNC2)no1. The summed E-state index contributed by atoms with van der Waals surface area (Å²) in [5.41, 5.74) is 0. The number of nitrogens with zero attached hydrogens (tertiary/aromatic N) is 2. The summed E-state index contributed by atoms with van der Waals surface area (Å²) < 4.78 is 4.44. The zero-order chi connectivity index (χ0) is 9.76. The highest BCUT2D eigenvalue weighted by molar-refractivity contribution is 6.51. The van der Waals surface area contributed by atoms with Gasteiger partial charge in [-0.15, -0.1) is 35.6 Å². The summed E-state index contributed by atoms with van der Waals surface area (Å²) in [6.45, 7) is 1.85. The highest BCUT2D eigenvalue weighted by Gasteiger charge is 2.56. The first kappa shape index (κ1) is 11.5. The van der Waals surface area contributed by atoms with Gasteiger partial charge in [0.1, 0.15) is 4.33 Å². The maximum absolute atomic E-state index is 5.90. The lowest BCUT2D eigenvalue weighted by Gasteiger charge is -2.23. The lowest BCUT2D eigenvalue weighted by molar-refractivity contribution is 0.356. The zero-order valence-corrected chi connectivity index (χ0v) is 10.1. The molecule has 0 amide bonds. The van der Waals surface area contributed by atoms with Gasteiger partial charge in [-0.1, -0.05) is 5.16 Å². The molecule has 84 valence electrons. The van der Waals surface area contributed by atoms with Crippen molar-refractivity contribution in [1.29, 1.82) is 0 Å². The number of halogens is 3. The van der Waals surface area contributed by atoms with Crippen LogP contribution in [0.25, 0.3) is 0 Å². The molecule has 1 aliphatic heterocycles. The molecule has 1 atom stereocenters. The lowest BCUT2D eigenvalue weighted by Crippen LogP contribution is -2.40. The van der Waals surface area contributed by atoms with Gasteiger partial charge in [-0.05, 0) is 6.42 Å². The fraction of sp³-hybridized carbons (Fsp3) is 0.750. The Morgan fingerprint density at radius 1 is 1.40 bits per heavy atom. The van der Waals surface area contributed by atoms with Crippen molar-refractivity contribution in [3.8, 4) is 0 Å². The van der Waals surface area contributed by atoms with E-state index in [0.29, 0.717) is 18.2 Å². The quantitative estimate of drug-likeness (QED) is 0.833. The van der Waals surface area contributed by atoms with Crippen LogP contribution in [0.4, 0.5) is 0 Å². The van der Waals surface area contributed by atoms with Crippen LogP contribution in [0, 0.1) is 0 Å². The van der Waals surface area contributed by atoms with Crippen molar-refractivity contribution in [2.75, 3.05) is 13.1 Å². The van der Waals surface area contributed by atoms with Gasteiger partial charge >= 0.3 is 0 Å². The molecular weight excluding hydrogens is 260 g/mol. The number of nitrogens with one attached hydrogen (secondary N) is 1. The van der Waals surface area contributed by atoms with Crippen LogP contribution in [0.1, 0.15) is 30.0 Å². The molecule has 0 aromatic carbocycles. The fourth-order valence-corrected chi connectivity index (χ4v) is 2.00. The van der Waals surface area contributed by atoms with E-state index in [0.717, 1.165) is 18.9 Å². The molecular formula is C8H10Cl3N3O. The van der Waals surface area contributed by atoms with E-state index in [9.17, 15) is 0 Å². The third-order valence-electron chi connectivity index (χ3n) is 2.73. The van der Waals surface area contributed by atoms with Gasteiger partial charge in [0.25, 0.3) is 0 Å². The van der Waals surface area contributed by atoms with E-state index in [1.807, 2.05) is 0 Å². The first-order valence-corrected chi connectivity index (χ1v) is 5.34. The largest absolute Gasteiger partial charge is 0.339 e. The topological polar surface area (TPSA) is 51.0 Å². The van der Waals surface area contributed by atoms with Gasteiger partial charge in [0.05, 0.1) is 5.92 Å². The second kappa shape index (κ2) is 3.77. The molecule has 2 heterocycles. The molecule has 3 rings (SSSR count). The standard InChI is InChI=1S/C8H9Cl2N3O.ClH/c9-8(10)1-5(8)7-12-6(13-14-7)4-2-11-3-4;/h4-5,11H,1-3H2;1H. The Bertz CT molecular complexity index is 364. The summed E-state index contributed by atoms with van der Waals surface area (Å²) in [6.07, 6.45) is 0.709. The maximum Gasteiger partial charge on any atom is 0.232 e. The van der Waals surface area contributed by atoms with Gasteiger partial charge in [0.15, 0.2) is 5.82 Å². The van der Waals surface area contributed by atoms with E-state index in [1.54, 1.807) is 0 Å². The minimum absolute atomic E-state index is 0. The Morgan fingerprint density at radius 3 is 2.53 bits per heavy atom. The number of hydrogen-bond acceptors (Lipinski definition) is 4. The van der Waals surface area contributed by atoms with Gasteiger partial charge in [0, 0.05) is 19.0 Å². The minimum Gasteiger partial charge on any atom is -0.339 e. The molecule has 1 aliphatic carbocycles. The predicted octanol–water partition coefficient (Wildman–Crippen LogP) is 1.84. The molecule has 0 spiro atoms. The molecule has 1 N–H and O–H groups in total. The molecule has 1 aromatic rings. The Hall–Kier alpha value is -0.0300. The van der Waals surface area contributed by atoms with E-state index in [4.69, 9.17) is 27.7 Å². The highest BCUT2D eigenvalue weighted by atomic mass is 35.5. The average molecular weight is 271 g/mol. The van der Waals surface area contributed by atoms with Gasteiger partial charge < -0.3 is 9.84 Å². The van der Waals surface area contributed by atoms with Crippen molar-refractivity contribution in [3.05, 3.63) is 11.7 Å². The first-order valence-electron chi connectivity index (χ1n) is 4.59. The van der Waals surface area contributed by atoms with Crippen LogP contribution in [0.15, 0.2) is 4.52 Å². The van der Waals surface area contributed by atoms with Crippen LogP contribution < -0.4 is 5.32 Å². The zero-order valence-electron chi connectivity index (χ0n) is 7.74. The summed E-state index contributed by atoms with van der Waals surface area (Å²) in [5.74, 6) is 1.78. The Kier molecular flexibility index (Phi) is 2.88. The molecule has 0 bridgehead atoms. The number of aromatic nitrogens is 2. The van der Waals surface area contributed by atoms with Crippen molar-refractivity contribution < 1.29 is 4.52 Å². The minimum atomic E-state index is -0.679. The molecule has 0 radical (unpaired) electrons. The van der Waals surface area contributed by atoms with Crippen molar-refractivity contribution in [3.63, 3.8) is 0 Å². The van der Waals surface area contributed by atoms with Crippen LogP contribution in [0.3, 0.4) is 0 Å². The summed E-state index contributed by atoms with van der Waals surface area (Å²) in [5, 5.41) is 7.08. The number of hydrogen-bond donors (Lipinski definition) is 1. The highest BCUT2D eigenvalue weighted by Crippen LogP contribution is 2.59. The van der Waals surface area contributed by atoms with Crippen LogP contribution >= 0.6 is 35.6 Å². The van der Waals surface area contributed by atoms with E-state index in [-0.39, 0.29) is 18.3 Å². The van der Waals surface area contributed by atoms with Gasteiger partial charge in [0.2, 0.25) is 5.89 Å². The maximum atomic E-state index is 5.90. The molecule has 4 nitrogen and oxygen atoms in total. The first-order chi connectivity index (χ1) is 6.67. The normalized spacial score (nSPS) is 28.0. The molecule has 2 fully saturated rings. The van der Waals surface area contributed by atoms with E-state index < -0.39 is 4.33 Å². The molecule has 1 saturated heterocycles. The summed E-state index contributed by atoms with van der Waals surface area (Å²) in [7, 11) is 0. The van der Waals surface area contributed by atoms with Gasteiger partial charge in [-0.25, -0.2) is 0 Å². The van der Waals surface area contributed by atoms with Crippen LogP contribution in [-0.4, -0.2) is 27.6 Å². The smallest absolute Gasteiger partial charge is 0.232 e. The van der Waals surface area contributed by atoms with Crippen molar-refractivity contribution in [2.45, 2.75) is 22.6 Å². The van der Waals surface area contributed by atoms with Crippen LogP contribution in [0.2, 0.25) is 0 Å². The number of rotatable bonds is 2. The van der Waals surface area contributed by atoms with Gasteiger partial charge in [-0.2, -0.15) is 4.98 Å². The Morgan fingerprint density at radius 2 is 2.07 bits per heavy atom. The summed E-state index contributed by atoms with van der Waals surface area (Å²) in [4.78, 5) is 4.30. The van der Waals surface area contributed by atoms with Gasteiger partial charge in [-0.3, -0.25) is 0 Å². The second-order valence-electron chi connectivity index (χ2n) is 3.86. The second-order valence-corrected chi connectivity index (χ2v) is 5.41. The molecule has 7 heteroatoms. The summed E-state index contributed by atoms with van der Waals surface area (Å²) >= 11 is 11.8. The average Bonchev–Trinajstić information content (AvgIpc) is 2.49. The molecule has 2 aliphatic rings. The van der Waals surface area contributed by atoms with Crippen molar-refractivity contribution >= 4 is 35.6 Å². The molecule has 1 unspecified atom stereocenters.